The number of carbonyl (C=O) groups is 3. The average Bonchev–Trinajstić information content (AvgIpc) is 3.12. The number of anilines is 1. The number of benzene rings is 2. The molecule has 0 saturated carbocycles. The Balaban J connectivity index is 0.00000363. The monoisotopic (exact) mass is 425 g/mol. The Morgan fingerprint density at radius 1 is 1.06 bits per heavy atom. The van der Waals surface area contributed by atoms with Gasteiger partial charge in [-0.3, -0.25) is 9.59 Å². The van der Waals surface area contributed by atoms with Crippen LogP contribution in [0.4, 0.5) is 10.5 Å². The second kappa shape index (κ2) is 9.29. The lowest BCUT2D eigenvalue weighted by Gasteiger charge is -2.19. The molecule has 0 radical (unpaired) electrons. The van der Waals surface area contributed by atoms with Crippen molar-refractivity contribution in [1.82, 2.24) is 20.6 Å². The number of aromatic amines is 1. The van der Waals surface area contributed by atoms with Gasteiger partial charge in [-0.2, -0.15) is 0 Å². The number of esters is 1. The summed E-state index contributed by atoms with van der Waals surface area (Å²) in [6.07, 6.45) is 0. The van der Waals surface area contributed by atoms with Crippen molar-refractivity contribution < 1.29 is 20.5 Å². The Bertz CT molecular complexity index is 1070. The van der Waals surface area contributed by atoms with Gasteiger partial charge in [0.25, 0.3) is 5.91 Å². The van der Waals surface area contributed by atoms with Crippen molar-refractivity contribution in [1.29, 1.82) is 0 Å². The zero-order chi connectivity index (χ0) is 22.4. The highest BCUT2D eigenvalue weighted by Gasteiger charge is 2.17. The van der Waals surface area contributed by atoms with Gasteiger partial charge in [0.15, 0.2) is 0 Å². The normalized spacial score (nSPS) is 11.1. The molecule has 9 heteroatoms. The zero-order valence-electron chi connectivity index (χ0n) is 17.6. The fraction of sp³-hybridized carbons (Fsp3) is 0.273. The number of urea groups is 1. The van der Waals surface area contributed by atoms with E-state index in [1.807, 2.05) is 24.3 Å². The number of amides is 3. The highest BCUT2D eigenvalue weighted by molar-refractivity contribution is 5.98. The molecule has 0 aliphatic carbocycles. The van der Waals surface area contributed by atoms with Crippen molar-refractivity contribution in [3.05, 3.63) is 59.9 Å². The van der Waals surface area contributed by atoms with Gasteiger partial charge in [-0.05, 0) is 51.1 Å². The summed E-state index contributed by atoms with van der Waals surface area (Å²) < 4.78 is 5.16. The number of nitrogens with zero attached hydrogens (tertiary/aromatic N) is 1. The van der Waals surface area contributed by atoms with Crippen molar-refractivity contribution in [2.45, 2.75) is 32.9 Å². The third-order valence-electron chi connectivity index (χ3n) is 4.05. The van der Waals surface area contributed by atoms with E-state index in [2.05, 4.69) is 25.9 Å². The standard InChI is InChI=1S/C22H25N5O4.H2/c1-22(2,3)31-19(28)13-23-20(29)14-7-6-8-15(11-14)25-21(30)24-12-18-26-16-9-4-5-10-17(16)27-18;/h4-11H,12-13H2,1-3H3,(H,23,29)(H,26,27)(H2,24,25,30);1H. The lowest BCUT2D eigenvalue weighted by Crippen LogP contribution is -2.34. The maximum atomic E-state index is 12.3. The first-order chi connectivity index (χ1) is 14.7. The van der Waals surface area contributed by atoms with Gasteiger partial charge in [0.2, 0.25) is 0 Å². The van der Waals surface area contributed by atoms with Crippen LogP contribution in [0.5, 0.6) is 0 Å². The maximum Gasteiger partial charge on any atom is 0.325 e. The minimum absolute atomic E-state index is 0. The quantitative estimate of drug-likeness (QED) is 0.451. The van der Waals surface area contributed by atoms with Crippen LogP contribution in [0.2, 0.25) is 0 Å². The Morgan fingerprint density at radius 3 is 2.58 bits per heavy atom. The van der Waals surface area contributed by atoms with Crippen LogP contribution < -0.4 is 16.0 Å². The van der Waals surface area contributed by atoms with Crippen molar-refractivity contribution in [3.8, 4) is 0 Å². The number of hydrogen-bond acceptors (Lipinski definition) is 5. The number of ether oxygens (including phenoxy) is 1. The fourth-order valence-electron chi connectivity index (χ4n) is 2.80. The number of H-pyrrole nitrogens is 1. The molecular weight excluding hydrogens is 398 g/mol. The Labute approximate surface area is 181 Å². The van der Waals surface area contributed by atoms with Crippen LogP contribution in [0.25, 0.3) is 11.0 Å². The summed E-state index contributed by atoms with van der Waals surface area (Å²) in [6, 6.07) is 13.5. The molecule has 0 aliphatic rings. The van der Waals surface area contributed by atoms with E-state index in [4.69, 9.17) is 4.74 Å². The maximum absolute atomic E-state index is 12.3. The van der Waals surface area contributed by atoms with E-state index in [1.165, 1.54) is 6.07 Å². The molecule has 0 spiro atoms. The molecule has 31 heavy (non-hydrogen) atoms. The summed E-state index contributed by atoms with van der Waals surface area (Å²) in [4.78, 5) is 43.8. The third-order valence-corrected chi connectivity index (χ3v) is 4.05. The minimum Gasteiger partial charge on any atom is -0.459 e. The summed E-state index contributed by atoms with van der Waals surface area (Å²) >= 11 is 0. The van der Waals surface area contributed by atoms with Gasteiger partial charge in [-0.15, -0.1) is 0 Å². The number of aromatic nitrogens is 2. The van der Waals surface area contributed by atoms with Gasteiger partial charge >= 0.3 is 12.0 Å². The van der Waals surface area contributed by atoms with Crippen LogP contribution in [-0.2, 0) is 16.1 Å². The Kier molecular flexibility index (Phi) is 6.54. The molecule has 0 aliphatic heterocycles. The summed E-state index contributed by atoms with van der Waals surface area (Å²) in [7, 11) is 0. The Morgan fingerprint density at radius 2 is 1.84 bits per heavy atom. The van der Waals surface area contributed by atoms with Gasteiger partial charge in [0.05, 0.1) is 17.6 Å². The fourth-order valence-corrected chi connectivity index (χ4v) is 2.80. The average molecular weight is 425 g/mol. The molecule has 0 unspecified atom stereocenters. The first-order valence-corrected chi connectivity index (χ1v) is 9.78. The molecule has 0 fully saturated rings. The van der Waals surface area contributed by atoms with Gasteiger partial charge in [0.1, 0.15) is 18.0 Å². The van der Waals surface area contributed by atoms with E-state index < -0.39 is 23.5 Å². The highest BCUT2D eigenvalue weighted by Crippen LogP contribution is 2.12. The molecule has 1 heterocycles. The van der Waals surface area contributed by atoms with Crippen LogP contribution in [0, 0.1) is 0 Å². The minimum atomic E-state index is -0.624. The number of fused-ring (bicyclic) bond motifs is 1. The summed E-state index contributed by atoms with van der Waals surface area (Å²) in [5.41, 5.74) is 1.83. The molecule has 164 valence electrons. The second-order valence-electron chi connectivity index (χ2n) is 7.86. The van der Waals surface area contributed by atoms with E-state index >= 15 is 0 Å². The van der Waals surface area contributed by atoms with E-state index in [1.54, 1.807) is 39.0 Å². The van der Waals surface area contributed by atoms with E-state index in [0.29, 0.717) is 17.1 Å². The number of hydrogen-bond donors (Lipinski definition) is 4. The molecular formula is C22H27N5O4. The summed E-state index contributed by atoms with van der Waals surface area (Å²) in [6.45, 7) is 5.23. The molecule has 3 amide bonds. The molecule has 0 saturated heterocycles. The largest absolute Gasteiger partial charge is 0.459 e. The van der Waals surface area contributed by atoms with Gasteiger partial charge < -0.3 is 25.7 Å². The lowest BCUT2D eigenvalue weighted by molar-refractivity contribution is -0.153. The molecule has 2 aromatic carbocycles. The molecule has 3 aromatic rings. The second-order valence-corrected chi connectivity index (χ2v) is 7.86. The topological polar surface area (TPSA) is 125 Å². The van der Waals surface area contributed by atoms with Crippen LogP contribution >= 0.6 is 0 Å². The van der Waals surface area contributed by atoms with Gasteiger partial charge in [-0.1, -0.05) is 18.2 Å². The predicted octanol–water partition coefficient (Wildman–Crippen LogP) is 3.20. The van der Waals surface area contributed by atoms with E-state index in [0.717, 1.165) is 11.0 Å². The molecule has 1 aromatic heterocycles. The third kappa shape index (κ3) is 6.56. The van der Waals surface area contributed by atoms with E-state index in [-0.39, 0.29) is 14.5 Å². The first-order valence-electron chi connectivity index (χ1n) is 9.78. The van der Waals surface area contributed by atoms with Gasteiger partial charge in [0, 0.05) is 12.7 Å². The molecule has 9 nitrogen and oxygen atoms in total. The van der Waals surface area contributed by atoms with Crippen LogP contribution in [0.1, 0.15) is 38.4 Å². The molecule has 0 bridgehead atoms. The van der Waals surface area contributed by atoms with Crippen molar-refractivity contribution in [2.75, 3.05) is 11.9 Å². The molecule has 4 N–H and O–H groups in total. The number of nitrogens with one attached hydrogen (secondary N) is 4. The van der Waals surface area contributed by atoms with E-state index in [9.17, 15) is 14.4 Å². The number of para-hydroxylation sites is 2. The van der Waals surface area contributed by atoms with Gasteiger partial charge in [-0.25, -0.2) is 9.78 Å². The zero-order valence-corrected chi connectivity index (χ0v) is 17.6. The molecule has 0 atom stereocenters. The van der Waals surface area contributed by atoms with Crippen LogP contribution in [0.3, 0.4) is 0 Å². The summed E-state index contributed by atoms with van der Waals surface area (Å²) in [5.74, 6) is -0.344. The molecule has 3 rings (SSSR count). The SMILES string of the molecule is CC(C)(C)OC(=O)CNC(=O)c1cccc(NC(=O)NCc2nc3ccccc3[nH]2)c1.[HH]. The van der Waals surface area contributed by atoms with Crippen LogP contribution in [0.15, 0.2) is 48.5 Å². The number of imidazole rings is 1. The highest BCUT2D eigenvalue weighted by atomic mass is 16.6. The van der Waals surface area contributed by atoms with Crippen LogP contribution in [-0.4, -0.2) is 40.0 Å². The summed E-state index contributed by atoms with van der Waals surface area (Å²) in [5, 5.41) is 7.89. The van der Waals surface area contributed by atoms with Crippen molar-refractivity contribution in [2.24, 2.45) is 0 Å². The number of rotatable bonds is 6. The van der Waals surface area contributed by atoms with Crippen molar-refractivity contribution >= 4 is 34.6 Å². The van der Waals surface area contributed by atoms with Crippen molar-refractivity contribution in [3.63, 3.8) is 0 Å². The number of carbonyl (C=O) groups excluding carboxylic acids is 3. The predicted molar refractivity (Wildman–Crippen MR) is 119 cm³/mol. The lowest BCUT2D eigenvalue weighted by atomic mass is 10.2. The smallest absolute Gasteiger partial charge is 0.325 e. The Hall–Kier alpha value is -3.88. The first kappa shape index (κ1) is 21.8.